The smallest absolute Gasteiger partial charge is 0.243 e. The van der Waals surface area contributed by atoms with Gasteiger partial charge in [-0.1, -0.05) is 6.92 Å². The van der Waals surface area contributed by atoms with Crippen molar-refractivity contribution < 1.29 is 13.9 Å². The van der Waals surface area contributed by atoms with Gasteiger partial charge in [-0.25, -0.2) is 4.39 Å². The van der Waals surface area contributed by atoms with Gasteiger partial charge in [0.1, 0.15) is 11.4 Å². The molecule has 0 aliphatic rings. The van der Waals surface area contributed by atoms with E-state index in [9.17, 15) is 9.18 Å². The average molecular weight is 255 g/mol. The molecule has 1 atom stereocenters. The molecule has 1 unspecified atom stereocenters. The number of rotatable bonds is 7. The predicted octanol–water partition coefficient (Wildman–Crippen LogP) is 0.547. The van der Waals surface area contributed by atoms with E-state index in [1.54, 1.807) is 7.11 Å². The van der Waals surface area contributed by atoms with Gasteiger partial charge in [0, 0.05) is 13.7 Å². The summed E-state index contributed by atoms with van der Waals surface area (Å²) < 4.78 is 17.8. The molecule has 0 aliphatic carbocycles. The van der Waals surface area contributed by atoms with Crippen LogP contribution in [-0.4, -0.2) is 31.2 Å². The Hall–Kier alpha value is -1.53. The van der Waals surface area contributed by atoms with Gasteiger partial charge in [0.25, 0.3) is 0 Å². The number of nitrogens with two attached hydrogens (primary N) is 1. The van der Waals surface area contributed by atoms with Gasteiger partial charge in [0.2, 0.25) is 5.91 Å². The second-order valence-corrected chi connectivity index (χ2v) is 3.90. The normalized spacial score (nSPS) is 14.2. The summed E-state index contributed by atoms with van der Waals surface area (Å²) >= 11 is 0. The van der Waals surface area contributed by atoms with E-state index in [2.05, 4.69) is 10.3 Å². The van der Waals surface area contributed by atoms with Gasteiger partial charge in [-0.3, -0.25) is 15.1 Å². The molecule has 0 radical (unpaired) electrons. The van der Waals surface area contributed by atoms with Crippen molar-refractivity contribution >= 4 is 5.91 Å². The Bertz CT molecular complexity index is 397. The standard InChI is InChI=1S/C12H18FN3O2/c1-3-12(11(14)17,16-6-7-18-2)10-5-4-9(13)8-15-10/h4-5,8,16H,3,6-7H2,1-2H3,(H2,14,17). The third kappa shape index (κ3) is 3.02. The van der Waals surface area contributed by atoms with Crippen LogP contribution in [0.4, 0.5) is 4.39 Å². The number of primary amides is 1. The SMILES string of the molecule is CCC(NCCOC)(C(N)=O)c1ccc(F)cn1. The first kappa shape index (κ1) is 14.5. The molecule has 100 valence electrons. The van der Waals surface area contributed by atoms with Crippen LogP contribution in [0.3, 0.4) is 0 Å². The minimum Gasteiger partial charge on any atom is -0.383 e. The lowest BCUT2D eigenvalue weighted by atomic mass is 9.90. The van der Waals surface area contributed by atoms with Crippen molar-refractivity contribution in [1.82, 2.24) is 10.3 Å². The lowest BCUT2D eigenvalue weighted by Crippen LogP contribution is -2.53. The number of nitrogens with one attached hydrogen (secondary N) is 1. The highest BCUT2D eigenvalue weighted by atomic mass is 19.1. The third-order valence-corrected chi connectivity index (χ3v) is 2.85. The Balaban J connectivity index is 3.02. The summed E-state index contributed by atoms with van der Waals surface area (Å²) in [6.45, 7) is 2.71. The maximum absolute atomic E-state index is 12.9. The van der Waals surface area contributed by atoms with E-state index in [1.807, 2.05) is 6.92 Å². The largest absolute Gasteiger partial charge is 0.383 e. The van der Waals surface area contributed by atoms with Crippen LogP contribution in [-0.2, 0) is 15.1 Å². The molecule has 1 heterocycles. The molecule has 0 spiro atoms. The Morgan fingerprint density at radius 3 is 2.78 bits per heavy atom. The zero-order valence-corrected chi connectivity index (χ0v) is 10.6. The monoisotopic (exact) mass is 255 g/mol. The fraction of sp³-hybridized carbons (Fsp3) is 0.500. The van der Waals surface area contributed by atoms with Gasteiger partial charge in [0.15, 0.2) is 0 Å². The number of hydrogen-bond acceptors (Lipinski definition) is 4. The molecular formula is C12H18FN3O2. The maximum atomic E-state index is 12.9. The molecule has 0 bridgehead atoms. The average Bonchev–Trinajstić information content (AvgIpc) is 2.36. The van der Waals surface area contributed by atoms with E-state index in [1.165, 1.54) is 12.1 Å². The Labute approximate surface area is 106 Å². The van der Waals surface area contributed by atoms with Crippen LogP contribution in [0.2, 0.25) is 0 Å². The molecule has 6 heteroatoms. The fourth-order valence-corrected chi connectivity index (χ4v) is 1.78. The number of amides is 1. The van der Waals surface area contributed by atoms with Crippen molar-refractivity contribution in [3.05, 3.63) is 29.8 Å². The molecule has 1 rings (SSSR count). The van der Waals surface area contributed by atoms with Crippen molar-refractivity contribution in [2.24, 2.45) is 5.73 Å². The maximum Gasteiger partial charge on any atom is 0.243 e. The Morgan fingerprint density at radius 1 is 1.61 bits per heavy atom. The Morgan fingerprint density at radius 2 is 2.33 bits per heavy atom. The van der Waals surface area contributed by atoms with Crippen LogP contribution in [0, 0.1) is 5.82 Å². The van der Waals surface area contributed by atoms with Gasteiger partial charge in [0.05, 0.1) is 18.5 Å². The van der Waals surface area contributed by atoms with Crippen molar-refractivity contribution in [2.45, 2.75) is 18.9 Å². The molecule has 1 amide bonds. The molecule has 1 aromatic rings. The zero-order chi connectivity index (χ0) is 13.6. The zero-order valence-electron chi connectivity index (χ0n) is 10.6. The predicted molar refractivity (Wildman–Crippen MR) is 65.2 cm³/mol. The van der Waals surface area contributed by atoms with Crippen LogP contribution in [0.15, 0.2) is 18.3 Å². The number of carbonyl (C=O) groups excluding carboxylic acids is 1. The van der Waals surface area contributed by atoms with E-state index >= 15 is 0 Å². The highest BCUT2D eigenvalue weighted by molar-refractivity contribution is 5.85. The van der Waals surface area contributed by atoms with Crippen molar-refractivity contribution in [3.63, 3.8) is 0 Å². The molecule has 5 nitrogen and oxygen atoms in total. The van der Waals surface area contributed by atoms with Gasteiger partial charge in [-0.2, -0.15) is 0 Å². The topological polar surface area (TPSA) is 77.2 Å². The highest BCUT2D eigenvalue weighted by Crippen LogP contribution is 2.22. The van der Waals surface area contributed by atoms with E-state index in [4.69, 9.17) is 10.5 Å². The molecule has 0 saturated carbocycles. The number of aromatic nitrogens is 1. The van der Waals surface area contributed by atoms with Crippen LogP contribution in [0.1, 0.15) is 19.0 Å². The minimum atomic E-state index is -1.09. The number of ether oxygens (including phenoxy) is 1. The van der Waals surface area contributed by atoms with Crippen molar-refractivity contribution in [2.75, 3.05) is 20.3 Å². The third-order valence-electron chi connectivity index (χ3n) is 2.85. The summed E-state index contributed by atoms with van der Waals surface area (Å²) in [5.41, 5.74) is 4.78. The van der Waals surface area contributed by atoms with Crippen LogP contribution < -0.4 is 11.1 Å². The van der Waals surface area contributed by atoms with Crippen LogP contribution in [0.25, 0.3) is 0 Å². The lowest BCUT2D eigenvalue weighted by molar-refractivity contribution is -0.125. The van der Waals surface area contributed by atoms with Crippen molar-refractivity contribution in [1.29, 1.82) is 0 Å². The molecule has 0 saturated heterocycles. The van der Waals surface area contributed by atoms with Crippen LogP contribution >= 0.6 is 0 Å². The molecule has 0 aliphatic heterocycles. The number of halogens is 1. The number of carbonyl (C=O) groups is 1. The fourth-order valence-electron chi connectivity index (χ4n) is 1.78. The number of nitrogens with zero attached hydrogens (tertiary/aromatic N) is 1. The van der Waals surface area contributed by atoms with Gasteiger partial charge < -0.3 is 10.5 Å². The molecule has 1 aromatic heterocycles. The summed E-state index contributed by atoms with van der Waals surface area (Å²) in [6, 6.07) is 2.72. The second-order valence-electron chi connectivity index (χ2n) is 3.90. The second kappa shape index (κ2) is 6.42. The molecular weight excluding hydrogens is 237 g/mol. The number of pyridine rings is 1. The van der Waals surface area contributed by atoms with E-state index in [0.717, 1.165) is 6.20 Å². The van der Waals surface area contributed by atoms with E-state index in [-0.39, 0.29) is 0 Å². The highest BCUT2D eigenvalue weighted by Gasteiger charge is 2.37. The first-order valence-corrected chi connectivity index (χ1v) is 5.72. The number of methoxy groups -OCH3 is 1. The van der Waals surface area contributed by atoms with Gasteiger partial charge in [-0.15, -0.1) is 0 Å². The van der Waals surface area contributed by atoms with Crippen LogP contribution in [0.5, 0.6) is 0 Å². The van der Waals surface area contributed by atoms with Crippen molar-refractivity contribution in [3.8, 4) is 0 Å². The first-order chi connectivity index (χ1) is 8.56. The molecule has 0 fully saturated rings. The lowest BCUT2D eigenvalue weighted by Gasteiger charge is -2.30. The Kier molecular flexibility index (Phi) is 5.18. The summed E-state index contributed by atoms with van der Waals surface area (Å²) in [5, 5.41) is 3.03. The molecule has 0 aromatic carbocycles. The molecule has 18 heavy (non-hydrogen) atoms. The molecule has 3 N–H and O–H groups in total. The number of hydrogen-bond donors (Lipinski definition) is 2. The van der Waals surface area contributed by atoms with E-state index < -0.39 is 17.3 Å². The van der Waals surface area contributed by atoms with Gasteiger partial charge in [-0.05, 0) is 18.6 Å². The first-order valence-electron chi connectivity index (χ1n) is 5.72. The summed E-state index contributed by atoms with van der Waals surface area (Å²) in [6.07, 6.45) is 1.49. The van der Waals surface area contributed by atoms with E-state index in [0.29, 0.717) is 25.3 Å². The quantitative estimate of drug-likeness (QED) is 0.697. The summed E-state index contributed by atoms with van der Waals surface area (Å²) in [7, 11) is 1.57. The van der Waals surface area contributed by atoms with Gasteiger partial charge >= 0.3 is 0 Å². The summed E-state index contributed by atoms with van der Waals surface area (Å²) in [5.74, 6) is -0.995. The summed E-state index contributed by atoms with van der Waals surface area (Å²) in [4.78, 5) is 15.7. The minimum absolute atomic E-state index is 0.412.